The van der Waals surface area contributed by atoms with Gasteiger partial charge in [0, 0.05) is 6.04 Å². The molecule has 0 bridgehead atoms. The quantitative estimate of drug-likeness (QED) is 0.596. The number of aliphatic hydroxyl groups is 1. The molecule has 0 aliphatic heterocycles. The minimum absolute atomic E-state index is 0.0890. The molecule has 0 aromatic carbocycles. The standard InChI is InChI=1S/C12H22N2O4/c1-12(2)5-3-8(4-6-12)13-11(18)14-9(7-15)10(16)17/h8-9,15H,3-7H2,1-2H3,(H,16,17)(H2,13,14,18)/t9-/m0/s1. The molecule has 1 rings (SSSR count). The molecule has 0 aromatic rings. The average Bonchev–Trinajstić information content (AvgIpc) is 2.28. The number of rotatable bonds is 4. The fourth-order valence-corrected chi connectivity index (χ4v) is 2.11. The van der Waals surface area contributed by atoms with Crippen LogP contribution >= 0.6 is 0 Å². The molecule has 1 saturated carbocycles. The van der Waals surface area contributed by atoms with Crippen molar-refractivity contribution >= 4 is 12.0 Å². The van der Waals surface area contributed by atoms with Gasteiger partial charge in [0.2, 0.25) is 0 Å². The number of hydrogen-bond acceptors (Lipinski definition) is 3. The van der Waals surface area contributed by atoms with E-state index in [1.54, 1.807) is 0 Å². The fourth-order valence-electron chi connectivity index (χ4n) is 2.11. The van der Waals surface area contributed by atoms with Crippen LogP contribution in [-0.4, -0.2) is 40.9 Å². The van der Waals surface area contributed by atoms with Gasteiger partial charge in [-0.1, -0.05) is 13.8 Å². The van der Waals surface area contributed by atoms with Crippen molar-refractivity contribution in [2.75, 3.05) is 6.61 Å². The van der Waals surface area contributed by atoms with E-state index >= 15 is 0 Å². The van der Waals surface area contributed by atoms with E-state index in [9.17, 15) is 9.59 Å². The average molecular weight is 258 g/mol. The predicted octanol–water partition coefficient (Wildman–Crippen LogP) is 0.700. The van der Waals surface area contributed by atoms with Gasteiger partial charge in [-0.3, -0.25) is 0 Å². The topological polar surface area (TPSA) is 98.7 Å². The zero-order valence-corrected chi connectivity index (χ0v) is 10.9. The number of hydrogen-bond donors (Lipinski definition) is 4. The van der Waals surface area contributed by atoms with Crippen LogP contribution in [-0.2, 0) is 4.79 Å². The van der Waals surface area contributed by atoms with Gasteiger partial charge in [-0.25, -0.2) is 9.59 Å². The first-order valence-corrected chi connectivity index (χ1v) is 6.25. The van der Waals surface area contributed by atoms with Crippen LogP contribution in [0, 0.1) is 5.41 Å². The van der Waals surface area contributed by atoms with Gasteiger partial charge in [0.25, 0.3) is 0 Å². The summed E-state index contributed by atoms with van der Waals surface area (Å²) >= 11 is 0. The molecule has 1 aliphatic carbocycles. The highest BCUT2D eigenvalue weighted by molar-refractivity contribution is 5.82. The van der Waals surface area contributed by atoms with Crippen LogP contribution < -0.4 is 10.6 Å². The number of aliphatic carboxylic acids is 1. The minimum atomic E-state index is -1.25. The van der Waals surface area contributed by atoms with Crippen molar-refractivity contribution in [1.82, 2.24) is 10.6 Å². The molecular weight excluding hydrogens is 236 g/mol. The summed E-state index contributed by atoms with van der Waals surface area (Å²) in [6.45, 7) is 3.80. The number of carboxylic acids is 1. The maximum atomic E-state index is 11.5. The summed E-state index contributed by atoms with van der Waals surface area (Å²) in [5.74, 6) is -1.24. The second-order valence-electron chi connectivity index (χ2n) is 5.63. The number of aliphatic hydroxyl groups excluding tert-OH is 1. The molecule has 0 spiro atoms. The van der Waals surface area contributed by atoms with Crippen LogP contribution in [0.5, 0.6) is 0 Å². The van der Waals surface area contributed by atoms with Crippen LogP contribution in [0.4, 0.5) is 4.79 Å². The normalized spacial score (nSPS) is 21.1. The lowest BCUT2D eigenvalue weighted by Gasteiger charge is -2.34. The molecule has 104 valence electrons. The Morgan fingerprint density at radius 1 is 1.33 bits per heavy atom. The first kappa shape index (κ1) is 14.8. The van der Waals surface area contributed by atoms with Crippen molar-refractivity contribution in [3.8, 4) is 0 Å². The summed E-state index contributed by atoms with van der Waals surface area (Å²) < 4.78 is 0. The molecule has 1 atom stereocenters. The van der Waals surface area contributed by atoms with E-state index < -0.39 is 24.6 Å². The molecule has 0 radical (unpaired) electrons. The molecule has 4 N–H and O–H groups in total. The number of nitrogens with one attached hydrogen (secondary N) is 2. The molecule has 1 fully saturated rings. The summed E-state index contributed by atoms with van der Waals surface area (Å²) in [5, 5.41) is 22.5. The minimum Gasteiger partial charge on any atom is -0.480 e. The van der Waals surface area contributed by atoms with Gasteiger partial charge in [-0.2, -0.15) is 0 Å². The lowest BCUT2D eigenvalue weighted by molar-refractivity contribution is -0.140. The molecule has 0 unspecified atom stereocenters. The van der Waals surface area contributed by atoms with Crippen LogP contribution in [0.15, 0.2) is 0 Å². The van der Waals surface area contributed by atoms with Gasteiger partial charge < -0.3 is 20.8 Å². The third-order valence-corrected chi connectivity index (χ3v) is 3.46. The number of carbonyl (C=O) groups excluding carboxylic acids is 1. The van der Waals surface area contributed by atoms with Gasteiger partial charge in [0.1, 0.15) is 0 Å². The molecule has 2 amide bonds. The zero-order valence-electron chi connectivity index (χ0n) is 10.9. The van der Waals surface area contributed by atoms with Gasteiger partial charge in [0.05, 0.1) is 6.61 Å². The fraction of sp³-hybridized carbons (Fsp3) is 0.833. The summed E-state index contributed by atoms with van der Waals surface area (Å²) in [7, 11) is 0. The van der Waals surface area contributed by atoms with Crippen molar-refractivity contribution in [2.24, 2.45) is 5.41 Å². The Labute approximate surface area is 107 Å². The Bertz CT molecular complexity index is 307. The number of carboxylic acid groups (broad SMARTS) is 1. The Morgan fingerprint density at radius 2 is 1.89 bits per heavy atom. The first-order chi connectivity index (χ1) is 8.34. The number of carbonyl (C=O) groups is 2. The SMILES string of the molecule is CC1(C)CCC(NC(=O)N[C@@H](CO)C(=O)O)CC1. The van der Waals surface area contributed by atoms with Gasteiger partial charge in [0.15, 0.2) is 6.04 Å². The van der Waals surface area contributed by atoms with E-state index in [4.69, 9.17) is 10.2 Å². The van der Waals surface area contributed by atoms with E-state index in [-0.39, 0.29) is 6.04 Å². The van der Waals surface area contributed by atoms with E-state index in [2.05, 4.69) is 24.5 Å². The van der Waals surface area contributed by atoms with Crippen LogP contribution in [0.2, 0.25) is 0 Å². The van der Waals surface area contributed by atoms with E-state index in [0.717, 1.165) is 25.7 Å². The predicted molar refractivity (Wildman–Crippen MR) is 66.2 cm³/mol. The molecule has 18 heavy (non-hydrogen) atoms. The molecule has 6 heteroatoms. The smallest absolute Gasteiger partial charge is 0.328 e. The monoisotopic (exact) mass is 258 g/mol. The van der Waals surface area contributed by atoms with Crippen molar-refractivity contribution < 1.29 is 19.8 Å². The Morgan fingerprint density at radius 3 is 2.33 bits per heavy atom. The summed E-state index contributed by atoms with van der Waals surface area (Å²) in [6.07, 6.45) is 3.88. The van der Waals surface area contributed by atoms with E-state index in [1.165, 1.54) is 0 Å². The van der Waals surface area contributed by atoms with Crippen LogP contribution in [0.1, 0.15) is 39.5 Å². The Hall–Kier alpha value is -1.30. The third kappa shape index (κ3) is 4.52. The number of urea groups is 1. The third-order valence-electron chi connectivity index (χ3n) is 3.46. The van der Waals surface area contributed by atoms with Crippen molar-refractivity contribution in [2.45, 2.75) is 51.6 Å². The molecule has 6 nitrogen and oxygen atoms in total. The lowest BCUT2D eigenvalue weighted by Crippen LogP contribution is -2.51. The van der Waals surface area contributed by atoms with E-state index in [0.29, 0.717) is 5.41 Å². The second-order valence-corrected chi connectivity index (χ2v) is 5.63. The maximum Gasteiger partial charge on any atom is 0.328 e. The Balaban J connectivity index is 2.35. The van der Waals surface area contributed by atoms with Gasteiger partial charge in [-0.15, -0.1) is 0 Å². The molecule has 1 aliphatic rings. The first-order valence-electron chi connectivity index (χ1n) is 6.25. The van der Waals surface area contributed by atoms with Crippen LogP contribution in [0.25, 0.3) is 0 Å². The summed E-state index contributed by atoms with van der Waals surface area (Å²) in [4.78, 5) is 22.2. The highest BCUT2D eigenvalue weighted by Crippen LogP contribution is 2.34. The molecular formula is C12H22N2O4. The highest BCUT2D eigenvalue weighted by atomic mass is 16.4. The lowest BCUT2D eigenvalue weighted by atomic mass is 9.76. The highest BCUT2D eigenvalue weighted by Gasteiger charge is 2.28. The molecule has 0 aromatic heterocycles. The van der Waals surface area contributed by atoms with Crippen molar-refractivity contribution in [3.63, 3.8) is 0 Å². The van der Waals surface area contributed by atoms with Crippen molar-refractivity contribution in [1.29, 1.82) is 0 Å². The Kier molecular flexibility index (Phi) is 4.95. The second kappa shape index (κ2) is 6.04. The largest absolute Gasteiger partial charge is 0.480 e. The number of amides is 2. The molecule has 0 heterocycles. The van der Waals surface area contributed by atoms with Crippen LogP contribution in [0.3, 0.4) is 0 Å². The van der Waals surface area contributed by atoms with Gasteiger partial charge in [-0.05, 0) is 31.1 Å². The zero-order chi connectivity index (χ0) is 13.8. The van der Waals surface area contributed by atoms with Gasteiger partial charge >= 0.3 is 12.0 Å². The maximum absolute atomic E-state index is 11.5. The van der Waals surface area contributed by atoms with E-state index in [1.807, 2.05) is 0 Å². The van der Waals surface area contributed by atoms with Crippen molar-refractivity contribution in [3.05, 3.63) is 0 Å². The molecule has 0 saturated heterocycles. The summed E-state index contributed by atoms with van der Waals surface area (Å²) in [6, 6.07) is -1.68. The summed E-state index contributed by atoms with van der Waals surface area (Å²) in [5.41, 5.74) is 0.323.